The maximum absolute atomic E-state index is 12.3. The van der Waals surface area contributed by atoms with Crippen LogP contribution in [-0.4, -0.2) is 23.5 Å². The summed E-state index contributed by atoms with van der Waals surface area (Å²) in [5, 5.41) is 2.73. The van der Waals surface area contributed by atoms with E-state index in [1.54, 1.807) is 0 Å². The Kier molecular flexibility index (Phi) is 1.58. The molecule has 0 atom stereocenters. The molecular formula is C7H6F3N3. The number of hydrogen-bond acceptors (Lipinski definition) is 2. The Morgan fingerprint density at radius 3 is 2.77 bits per heavy atom. The van der Waals surface area contributed by atoms with Crippen LogP contribution in [0.1, 0.15) is 5.56 Å². The summed E-state index contributed by atoms with van der Waals surface area (Å²) in [6.07, 6.45) is -1.61. The highest BCUT2D eigenvalue weighted by molar-refractivity contribution is 6.09. The van der Waals surface area contributed by atoms with E-state index in [-0.39, 0.29) is 12.2 Å². The first-order chi connectivity index (χ1) is 6.09. The standard InChI is InChI=1S/C7H6F3N3/c8-7(9,10)6-4-1-11-2-5(4)12-3-13-6/h1-2,11-12H,3H2. The molecule has 0 radical (unpaired) electrons. The third kappa shape index (κ3) is 1.28. The number of aromatic nitrogens is 1. The minimum absolute atomic E-state index is 0.0281. The van der Waals surface area contributed by atoms with E-state index in [0.29, 0.717) is 5.69 Å². The van der Waals surface area contributed by atoms with Crippen LogP contribution in [0.2, 0.25) is 0 Å². The van der Waals surface area contributed by atoms with Gasteiger partial charge in [-0.3, -0.25) is 4.99 Å². The minimum atomic E-state index is -4.38. The van der Waals surface area contributed by atoms with E-state index >= 15 is 0 Å². The SMILES string of the molecule is FC(F)(F)C1=NCNc2c[nH]cc21. The average molecular weight is 189 g/mol. The fourth-order valence-electron chi connectivity index (χ4n) is 1.24. The molecule has 0 aromatic carbocycles. The van der Waals surface area contributed by atoms with Crippen molar-refractivity contribution in [2.45, 2.75) is 6.18 Å². The van der Waals surface area contributed by atoms with Gasteiger partial charge >= 0.3 is 6.18 Å². The summed E-state index contributed by atoms with van der Waals surface area (Å²) in [6.45, 7) is -0.0281. The van der Waals surface area contributed by atoms with Crippen molar-refractivity contribution in [3.05, 3.63) is 18.0 Å². The lowest BCUT2D eigenvalue weighted by atomic mass is 10.1. The van der Waals surface area contributed by atoms with E-state index < -0.39 is 11.9 Å². The van der Waals surface area contributed by atoms with Gasteiger partial charge in [0, 0.05) is 18.0 Å². The molecule has 6 heteroatoms. The number of anilines is 1. The normalized spacial score (nSPS) is 16.1. The second kappa shape index (κ2) is 2.51. The van der Waals surface area contributed by atoms with Crippen LogP contribution in [0.5, 0.6) is 0 Å². The van der Waals surface area contributed by atoms with Crippen molar-refractivity contribution in [1.29, 1.82) is 0 Å². The molecule has 2 rings (SSSR count). The van der Waals surface area contributed by atoms with Gasteiger partial charge in [-0.15, -0.1) is 0 Å². The largest absolute Gasteiger partial charge is 0.433 e. The molecule has 1 aliphatic rings. The summed E-state index contributed by atoms with van der Waals surface area (Å²) in [4.78, 5) is 5.97. The second-order valence-electron chi connectivity index (χ2n) is 2.62. The molecule has 3 nitrogen and oxygen atoms in total. The lowest BCUT2D eigenvalue weighted by molar-refractivity contribution is -0.0582. The van der Waals surface area contributed by atoms with Crippen LogP contribution in [0.3, 0.4) is 0 Å². The molecule has 0 bridgehead atoms. The molecule has 70 valence electrons. The Balaban J connectivity index is 2.47. The summed E-state index contributed by atoms with van der Waals surface area (Å²) < 4.78 is 37.0. The number of rotatable bonds is 0. The lowest BCUT2D eigenvalue weighted by Crippen LogP contribution is -2.28. The Labute approximate surface area is 71.7 Å². The van der Waals surface area contributed by atoms with Crippen LogP contribution in [0.4, 0.5) is 18.9 Å². The molecule has 0 fully saturated rings. The molecule has 0 aliphatic carbocycles. The number of nitrogens with one attached hydrogen (secondary N) is 2. The van der Waals surface area contributed by atoms with Gasteiger partial charge in [0.1, 0.15) is 6.67 Å². The highest BCUT2D eigenvalue weighted by Crippen LogP contribution is 2.29. The molecule has 2 N–H and O–H groups in total. The van der Waals surface area contributed by atoms with Gasteiger partial charge in [0.15, 0.2) is 5.71 Å². The van der Waals surface area contributed by atoms with E-state index in [4.69, 9.17) is 0 Å². The molecule has 0 spiro atoms. The highest BCUT2D eigenvalue weighted by Gasteiger charge is 2.39. The van der Waals surface area contributed by atoms with E-state index in [0.717, 1.165) is 0 Å². The first-order valence-corrected chi connectivity index (χ1v) is 3.62. The topological polar surface area (TPSA) is 40.2 Å². The van der Waals surface area contributed by atoms with Crippen molar-refractivity contribution in [2.24, 2.45) is 4.99 Å². The van der Waals surface area contributed by atoms with Gasteiger partial charge in [0.2, 0.25) is 0 Å². The molecule has 2 heterocycles. The number of fused-ring (bicyclic) bond motifs is 1. The zero-order valence-electron chi connectivity index (χ0n) is 6.44. The fourth-order valence-corrected chi connectivity index (χ4v) is 1.24. The van der Waals surface area contributed by atoms with E-state index in [9.17, 15) is 13.2 Å². The third-order valence-electron chi connectivity index (χ3n) is 1.78. The van der Waals surface area contributed by atoms with Crippen molar-refractivity contribution < 1.29 is 13.2 Å². The lowest BCUT2D eigenvalue weighted by Gasteiger charge is -2.16. The van der Waals surface area contributed by atoms with Gasteiger partial charge in [-0.1, -0.05) is 0 Å². The van der Waals surface area contributed by atoms with Crippen LogP contribution in [0.15, 0.2) is 17.4 Å². The van der Waals surface area contributed by atoms with Crippen LogP contribution in [0, 0.1) is 0 Å². The van der Waals surface area contributed by atoms with Crippen LogP contribution < -0.4 is 5.32 Å². The van der Waals surface area contributed by atoms with Gasteiger partial charge in [-0.2, -0.15) is 13.2 Å². The fraction of sp³-hybridized carbons (Fsp3) is 0.286. The summed E-state index contributed by atoms with van der Waals surface area (Å²) in [5.41, 5.74) is -0.288. The number of hydrogen-bond donors (Lipinski definition) is 2. The Hall–Kier alpha value is -1.46. The summed E-state index contributed by atoms with van der Waals surface area (Å²) in [6, 6.07) is 0. The zero-order valence-corrected chi connectivity index (χ0v) is 6.44. The molecule has 13 heavy (non-hydrogen) atoms. The van der Waals surface area contributed by atoms with Crippen molar-refractivity contribution in [3.63, 3.8) is 0 Å². The maximum Gasteiger partial charge on any atom is 0.433 e. The van der Waals surface area contributed by atoms with Crippen molar-refractivity contribution in [3.8, 4) is 0 Å². The van der Waals surface area contributed by atoms with E-state index in [1.807, 2.05) is 0 Å². The predicted molar refractivity (Wildman–Crippen MR) is 41.9 cm³/mol. The molecule has 1 aliphatic heterocycles. The average Bonchev–Trinajstić information content (AvgIpc) is 2.48. The molecule has 1 aromatic rings. The Bertz CT molecular complexity index is 350. The van der Waals surface area contributed by atoms with Crippen molar-refractivity contribution in [1.82, 2.24) is 4.98 Å². The van der Waals surface area contributed by atoms with Gasteiger partial charge in [0.05, 0.1) is 5.69 Å². The van der Waals surface area contributed by atoms with Gasteiger partial charge in [-0.25, -0.2) is 0 Å². The Morgan fingerprint density at radius 2 is 2.08 bits per heavy atom. The number of halogens is 3. The second-order valence-corrected chi connectivity index (χ2v) is 2.62. The summed E-state index contributed by atoms with van der Waals surface area (Å²) in [7, 11) is 0. The third-order valence-corrected chi connectivity index (χ3v) is 1.78. The molecule has 0 amide bonds. The smallest absolute Gasteiger partial charge is 0.365 e. The first kappa shape index (κ1) is 8.15. The van der Waals surface area contributed by atoms with Gasteiger partial charge in [0.25, 0.3) is 0 Å². The van der Waals surface area contributed by atoms with Gasteiger partial charge in [-0.05, 0) is 0 Å². The van der Waals surface area contributed by atoms with Crippen LogP contribution in [0.25, 0.3) is 0 Å². The summed E-state index contributed by atoms with van der Waals surface area (Å²) >= 11 is 0. The van der Waals surface area contributed by atoms with Crippen molar-refractivity contribution in [2.75, 3.05) is 12.0 Å². The highest BCUT2D eigenvalue weighted by atomic mass is 19.4. The molecule has 0 unspecified atom stereocenters. The monoisotopic (exact) mass is 189 g/mol. The van der Waals surface area contributed by atoms with Crippen LogP contribution >= 0.6 is 0 Å². The molecular weight excluding hydrogens is 183 g/mol. The number of nitrogens with zero attached hydrogens (tertiary/aromatic N) is 1. The number of aromatic amines is 1. The zero-order chi connectivity index (χ0) is 9.47. The maximum atomic E-state index is 12.3. The quantitative estimate of drug-likeness (QED) is 0.641. The number of aliphatic imine (C=N–C) groups is 1. The predicted octanol–water partition coefficient (Wildman–Crippen LogP) is 1.75. The first-order valence-electron chi connectivity index (χ1n) is 3.62. The van der Waals surface area contributed by atoms with Gasteiger partial charge < -0.3 is 10.3 Å². The van der Waals surface area contributed by atoms with E-state index in [1.165, 1.54) is 12.4 Å². The molecule has 0 saturated heterocycles. The minimum Gasteiger partial charge on any atom is -0.365 e. The van der Waals surface area contributed by atoms with Crippen molar-refractivity contribution >= 4 is 11.4 Å². The molecule has 1 aromatic heterocycles. The number of alkyl halides is 3. The van der Waals surface area contributed by atoms with Crippen LogP contribution in [-0.2, 0) is 0 Å². The van der Waals surface area contributed by atoms with E-state index in [2.05, 4.69) is 15.3 Å². The number of H-pyrrole nitrogens is 1. The summed E-state index contributed by atoms with van der Waals surface area (Å²) in [5.74, 6) is 0. The Morgan fingerprint density at radius 1 is 1.31 bits per heavy atom. The molecule has 0 saturated carbocycles.